The Bertz CT molecular complexity index is 887. The molecule has 0 radical (unpaired) electrons. The summed E-state index contributed by atoms with van der Waals surface area (Å²) in [4.78, 5) is 26.6. The SMILES string of the molecule is Cc1cccc(NC(=O)NCCC(=O)N(c2ccccc2)c2ccccc2)c1. The lowest BCUT2D eigenvalue weighted by Crippen LogP contribution is -2.34. The van der Waals surface area contributed by atoms with E-state index in [4.69, 9.17) is 0 Å². The van der Waals surface area contributed by atoms with Gasteiger partial charge in [0.1, 0.15) is 0 Å². The molecule has 0 aliphatic heterocycles. The van der Waals surface area contributed by atoms with E-state index < -0.39 is 0 Å². The quantitative estimate of drug-likeness (QED) is 0.647. The number of aryl methyl sites for hydroxylation is 1. The van der Waals surface area contributed by atoms with E-state index >= 15 is 0 Å². The molecule has 0 fully saturated rings. The third-order valence-corrected chi connectivity index (χ3v) is 4.18. The van der Waals surface area contributed by atoms with Crippen LogP contribution in [0.5, 0.6) is 0 Å². The first-order valence-corrected chi connectivity index (χ1v) is 9.18. The van der Waals surface area contributed by atoms with Crippen LogP contribution in [0, 0.1) is 6.92 Å². The van der Waals surface area contributed by atoms with E-state index in [1.165, 1.54) is 0 Å². The number of nitrogens with zero attached hydrogens (tertiary/aromatic N) is 1. The molecule has 3 aromatic rings. The fraction of sp³-hybridized carbons (Fsp3) is 0.130. The minimum atomic E-state index is -0.329. The summed E-state index contributed by atoms with van der Waals surface area (Å²) in [6, 6.07) is 26.2. The summed E-state index contributed by atoms with van der Waals surface area (Å²) >= 11 is 0. The van der Waals surface area contributed by atoms with Crippen molar-refractivity contribution in [2.24, 2.45) is 0 Å². The Morgan fingerprint density at radius 1 is 0.821 bits per heavy atom. The third kappa shape index (κ3) is 5.20. The standard InChI is InChI=1S/C23H23N3O2/c1-18-9-8-10-19(17-18)25-23(28)24-16-15-22(27)26(20-11-4-2-5-12-20)21-13-6-3-7-14-21/h2-14,17H,15-16H2,1H3,(H2,24,25,28). The van der Waals surface area contributed by atoms with Gasteiger partial charge in [0.2, 0.25) is 5.91 Å². The van der Waals surface area contributed by atoms with Crippen molar-refractivity contribution in [3.05, 3.63) is 90.5 Å². The highest BCUT2D eigenvalue weighted by atomic mass is 16.2. The minimum absolute atomic E-state index is 0.0896. The highest BCUT2D eigenvalue weighted by molar-refractivity contribution is 6.00. The van der Waals surface area contributed by atoms with Crippen LogP contribution in [0.3, 0.4) is 0 Å². The zero-order valence-electron chi connectivity index (χ0n) is 15.8. The number of para-hydroxylation sites is 2. The number of carbonyl (C=O) groups is 2. The van der Waals surface area contributed by atoms with E-state index in [9.17, 15) is 9.59 Å². The van der Waals surface area contributed by atoms with E-state index in [0.29, 0.717) is 0 Å². The van der Waals surface area contributed by atoms with E-state index in [-0.39, 0.29) is 24.9 Å². The van der Waals surface area contributed by atoms with Gasteiger partial charge >= 0.3 is 6.03 Å². The van der Waals surface area contributed by atoms with Gasteiger partial charge in [0.15, 0.2) is 0 Å². The summed E-state index contributed by atoms with van der Waals surface area (Å²) in [6.07, 6.45) is 0.186. The fourth-order valence-electron chi connectivity index (χ4n) is 2.88. The first kappa shape index (κ1) is 19.2. The molecule has 0 saturated heterocycles. The molecular formula is C23H23N3O2. The van der Waals surface area contributed by atoms with Crippen LogP contribution in [0.25, 0.3) is 0 Å². The Labute approximate surface area is 165 Å². The largest absolute Gasteiger partial charge is 0.337 e. The number of amides is 3. The molecule has 0 aliphatic carbocycles. The second-order valence-corrected chi connectivity index (χ2v) is 6.40. The van der Waals surface area contributed by atoms with Crippen molar-refractivity contribution in [3.8, 4) is 0 Å². The van der Waals surface area contributed by atoms with Gasteiger partial charge in [-0.15, -0.1) is 0 Å². The van der Waals surface area contributed by atoms with E-state index in [2.05, 4.69) is 10.6 Å². The molecule has 3 rings (SSSR count). The predicted octanol–water partition coefficient (Wildman–Crippen LogP) is 4.87. The summed E-state index contributed by atoms with van der Waals surface area (Å²) in [5.41, 5.74) is 3.37. The average molecular weight is 373 g/mol. The molecule has 0 saturated carbocycles. The van der Waals surface area contributed by atoms with Crippen LogP contribution in [-0.2, 0) is 4.79 Å². The molecule has 5 nitrogen and oxygen atoms in total. The van der Waals surface area contributed by atoms with Gasteiger partial charge in [0.05, 0.1) is 0 Å². The van der Waals surface area contributed by atoms with E-state index in [1.54, 1.807) is 4.90 Å². The first-order valence-electron chi connectivity index (χ1n) is 9.18. The molecule has 0 heterocycles. The number of carbonyl (C=O) groups excluding carboxylic acids is 2. The molecule has 0 aliphatic rings. The van der Waals surface area contributed by atoms with E-state index in [1.807, 2.05) is 91.9 Å². The maximum absolute atomic E-state index is 12.9. The van der Waals surface area contributed by atoms with Crippen LogP contribution in [-0.4, -0.2) is 18.5 Å². The molecule has 0 spiro atoms. The fourth-order valence-corrected chi connectivity index (χ4v) is 2.88. The van der Waals surface area contributed by atoms with Crippen LogP contribution in [0.15, 0.2) is 84.9 Å². The first-order chi connectivity index (χ1) is 13.6. The lowest BCUT2D eigenvalue weighted by atomic mass is 10.2. The molecular weight excluding hydrogens is 350 g/mol. The molecule has 142 valence electrons. The zero-order chi connectivity index (χ0) is 19.8. The van der Waals surface area contributed by atoms with Gasteiger partial charge < -0.3 is 10.6 Å². The van der Waals surface area contributed by atoms with Crippen molar-refractivity contribution in [1.82, 2.24) is 5.32 Å². The van der Waals surface area contributed by atoms with Crippen molar-refractivity contribution in [2.45, 2.75) is 13.3 Å². The van der Waals surface area contributed by atoms with Gasteiger partial charge in [0.25, 0.3) is 0 Å². The minimum Gasteiger partial charge on any atom is -0.337 e. The molecule has 3 amide bonds. The van der Waals surface area contributed by atoms with Gasteiger partial charge in [-0.2, -0.15) is 0 Å². The Morgan fingerprint density at radius 3 is 2.00 bits per heavy atom. The number of nitrogens with one attached hydrogen (secondary N) is 2. The van der Waals surface area contributed by atoms with Crippen molar-refractivity contribution in [1.29, 1.82) is 0 Å². The predicted molar refractivity (Wildman–Crippen MR) is 113 cm³/mol. The molecule has 0 bridgehead atoms. The van der Waals surface area contributed by atoms with Crippen molar-refractivity contribution in [2.75, 3.05) is 16.8 Å². The number of hydrogen-bond acceptors (Lipinski definition) is 2. The molecule has 0 aromatic heterocycles. The summed E-state index contributed by atoms with van der Waals surface area (Å²) in [7, 11) is 0. The number of rotatable bonds is 6. The number of anilines is 3. The summed E-state index contributed by atoms with van der Waals surface area (Å²) < 4.78 is 0. The summed E-state index contributed by atoms with van der Waals surface area (Å²) in [5, 5.41) is 5.52. The lowest BCUT2D eigenvalue weighted by Gasteiger charge is -2.23. The Balaban J connectivity index is 1.60. The van der Waals surface area contributed by atoms with Gasteiger partial charge in [-0.25, -0.2) is 4.79 Å². The van der Waals surface area contributed by atoms with Crippen LogP contribution >= 0.6 is 0 Å². The monoisotopic (exact) mass is 373 g/mol. The molecule has 2 N–H and O–H groups in total. The van der Waals surface area contributed by atoms with Crippen LogP contribution < -0.4 is 15.5 Å². The number of urea groups is 1. The number of benzene rings is 3. The summed E-state index contributed by atoms with van der Waals surface area (Å²) in [5.74, 6) is -0.0896. The second-order valence-electron chi connectivity index (χ2n) is 6.40. The molecule has 5 heteroatoms. The molecule has 28 heavy (non-hydrogen) atoms. The smallest absolute Gasteiger partial charge is 0.319 e. The van der Waals surface area contributed by atoms with Crippen LogP contribution in [0.1, 0.15) is 12.0 Å². The van der Waals surface area contributed by atoms with Gasteiger partial charge in [0, 0.05) is 30.0 Å². The Morgan fingerprint density at radius 2 is 1.43 bits per heavy atom. The van der Waals surface area contributed by atoms with Crippen LogP contribution in [0.4, 0.5) is 21.9 Å². The van der Waals surface area contributed by atoms with Crippen molar-refractivity contribution in [3.63, 3.8) is 0 Å². The maximum Gasteiger partial charge on any atom is 0.319 e. The highest BCUT2D eigenvalue weighted by Crippen LogP contribution is 2.25. The maximum atomic E-state index is 12.9. The highest BCUT2D eigenvalue weighted by Gasteiger charge is 2.17. The van der Waals surface area contributed by atoms with Crippen molar-refractivity contribution < 1.29 is 9.59 Å². The van der Waals surface area contributed by atoms with E-state index in [0.717, 1.165) is 22.6 Å². The van der Waals surface area contributed by atoms with Gasteiger partial charge in [-0.1, -0.05) is 48.5 Å². The summed E-state index contributed by atoms with van der Waals surface area (Å²) in [6.45, 7) is 2.20. The van der Waals surface area contributed by atoms with Gasteiger partial charge in [-0.3, -0.25) is 9.69 Å². The normalized spacial score (nSPS) is 10.2. The third-order valence-electron chi connectivity index (χ3n) is 4.18. The molecule has 0 unspecified atom stereocenters. The van der Waals surface area contributed by atoms with Gasteiger partial charge in [-0.05, 0) is 48.9 Å². The molecule has 3 aromatic carbocycles. The second kappa shape index (κ2) is 9.37. The van der Waals surface area contributed by atoms with Crippen LogP contribution in [0.2, 0.25) is 0 Å². The topological polar surface area (TPSA) is 61.4 Å². The zero-order valence-corrected chi connectivity index (χ0v) is 15.8. The average Bonchev–Trinajstić information content (AvgIpc) is 2.70. The Kier molecular flexibility index (Phi) is 6.41. The Hall–Kier alpha value is -3.60. The number of hydrogen-bond donors (Lipinski definition) is 2. The lowest BCUT2D eigenvalue weighted by molar-refractivity contribution is -0.117. The molecule has 0 atom stereocenters. The van der Waals surface area contributed by atoms with Crippen molar-refractivity contribution >= 4 is 29.0 Å².